The second kappa shape index (κ2) is 8.07. The molecule has 1 aromatic carbocycles. The van der Waals surface area contributed by atoms with Crippen molar-refractivity contribution in [2.24, 2.45) is 0 Å². The van der Waals surface area contributed by atoms with Crippen molar-refractivity contribution in [2.75, 3.05) is 33.3 Å². The Bertz CT molecular complexity index is 672. The third-order valence-electron chi connectivity index (χ3n) is 4.27. The number of carbonyl (C=O) groups is 1. The number of esters is 1. The zero-order valence-electron chi connectivity index (χ0n) is 13.5. The first-order chi connectivity index (χ1) is 11.7. The molecular weight excluding hydrogens is 346 g/mol. The maximum Gasteiger partial charge on any atom is 0.327 e. The third kappa shape index (κ3) is 3.95. The van der Waals surface area contributed by atoms with Crippen LogP contribution in [0.4, 0.5) is 0 Å². The van der Waals surface area contributed by atoms with Gasteiger partial charge in [0.2, 0.25) is 0 Å². The van der Waals surface area contributed by atoms with Gasteiger partial charge >= 0.3 is 5.97 Å². The fraction of sp³-hybridized carbons (Fsp3) is 0.412. The van der Waals surface area contributed by atoms with Crippen LogP contribution in [-0.2, 0) is 16.1 Å². The van der Waals surface area contributed by atoms with Crippen molar-refractivity contribution in [3.63, 3.8) is 0 Å². The monoisotopic (exact) mass is 365 g/mol. The van der Waals surface area contributed by atoms with E-state index in [9.17, 15) is 4.79 Å². The number of nitrogens with zero attached hydrogens (tertiary/aromatic N) is 3. The average molecular weight is 366 g/mol. The van der Waals surface area contributed by atoms with E-state index in [4.69, 9.17) is 16.3 Å². The molecule has 1 atom stereocenters. The molecule has 0 N–H and O–H groups in total. The van der Waals surface area contributed by atoms with Crippen LogP contribution in [0.25, 0.3) is 0 Å². The number of ether oxygens (including phenoxy) is 1. The molecule has 0 saturated carbocycles. The number of carbonyl (C=O) groups excluding carboxylic acids is 1. The Morgan fingerprint density at radius 2 is 2.08 bits per heavy atom. The summed E-state index contributed by atoms with van der Waals surface area (Å²) in [5.41, 5.74) is 3.76. The largest absolute Gasteiger partial charge is 0.468 e. The van der Waals surface area contributed by atoms with Gasteiger partial charge in [0.1, 0.15) is 6.04 Å². The minimum absolute atomic E-state index is 0.268. The topological polar surface area (TPSA) is 45.7 Å². The number of hydrogen-bond acceptors (Lipinski definition) is 6. The first-order valence-electron chi connectivity index (χ1n) is 7.84. The Labute approximate surface area is 150 Å². The molecular formula is C17H20ClN3O2S. The number of thiazole rings is 1. The van der Waals surface area contributed by atoms with E-state index in [1.165, 1.54) is 7.11 Å². The number of hydrogen-bond donors (Lipinski definition) is 0. The van der Waals surface area contributed by atoms with Gasteiger partial charge < -0.3 is 4.74 Å². The average Bonchev–Trinajstić information content (AvgIpc) is 3.11. The number of aromatic nitrogens is 1. The summed E-state index contributed by atoms with van der Waals surface area (Å²) < 4.78 is 5.03. The van der Waals surface area contributed by atoms with Gasteiger partial charge in [0.15, 0.2) is 0 Å². The van der Waals surface area contributed by atoms with E-state index in [-0.39, 0.29) is 5.97 Å². The standard InChI is InChI=1S/C17H20ClN3O2S/c1-23-17(22)16(14-4-2-3-5-15(14)18)21-8-6-20(7-9-21)10-13-11-24-12-19-13/h2-5,11-12,16H,6-10H2,1H3. The van der Waals surface area contributed by atoms with E-state index in [1.807, 2.05) is 29.8 Å². The molecule has 3 rings (SSSR count). The van der Waals surface area contributed by atoms with Crippen LogP contribution in [0.15, 0.2) is 35.2 Å². The fourth-order valence-corrected chi connectivity index (χ4v) is 3.79. The number of rotatable bonds is 5. The summed E-state index contributed by atoms with van der Waals surface area (Å²) in [6, 6.07) is 7.02. The van der Waals surface area contributed by atoms with Crippen LogP contribution in [-0.4, -0.2) is 54.0 Å². The summed E-state index contributed by atoms with van der Waals surface area (Å²) in [7, 11) is 1.42. The van der Waals surface area contributed by atoms with Crippen molar-refractivity contribution in [1.29, 1.82) is 0 Å². The third-order valence-corrected chi connectivity index (χ3v) is 5.24. The van der Waals surface area contributed by atoms with Crippen LogP contribution in [0, 0.1) is 0 Å². The van der Waals surface area contributed by atoms with Gasteiger partial charge in [-0.1, -0.05) is 29.8 Å². The zero-order valence-corrected chi connectivity index (χ0v) is 15.1. The van der Waals surface area contributed by atoms with Gasteiger partial charge in [-0.05, 0) is 11.6 Å². The first-order valence-corrected chi connectivity index (χ1v) is 9.17. The van der Waals surface area contributed by atoms with Gasteiger partial charge in [-0.25, -0.2) is 9.78 Å². The normalized spacial score (nSPS) is 17.6. The minimum Gasteiger partial charge on any atom is -0.468 e. The molecule has 128 valence electrons. The first kappa shape index (κ1) is 17.4. The number of piperazine rings is 1. The molecule has 1 saturated heterocycles. The van der Waals surface area contributed by atoms with Crippen LogP contribution in [0.5, 0.6) is 0 Å². The Morgan fingerprint density at radius 3 is 2.71 bits per heavy atom. The van der Waals surface area contributed by atoms with E-state index >= 15 is 0 Å². The predicted octanol–water partition coefficient (Wildman–Crippen LogP) is 2.83. The molecule has 0 bridgehead atoms. The zero-order chi connectivity index (χ0) is 16.9. The van der Waals surface area contributed by atoms with Gasteiger partial charge in [0.25, 0.3) is 0 Å². The van der Waals surface area contributed by atoms with Crippen LogP contribution in [0.1, 0.15) is 17.3 Å². The lowest BCUT2D eigenvalue weighted by Gasteiger charge is -2.38. The van der Waals surface area contributed by atoms with Gasteiger partial charge in [-0.15, -0.1) is 11.3 Å². The van der Waals surface area contributed by atoms with Crippen LogP contribution >= 0.6 is 22.9 Å². The van der Waals surface area contributed by atoms with E-state index in [0.29, 0.717) is 5.02 Å². The Balaban J connectivity index is 1.69. The molecule has 1 aromatic heterocycles. The van der Waals surface area contributed by atoms with E-state index in [0.717, 1.165) is 44.0 Å². The summed E-state index contributed by atoms with van der Waals surface area (Å²) in [5, 5.41) is 2.67. The summed E-state index contributed by atoms with van der Waals surface area (Å²) in [6.07, 6.45) is 0. The number of methoxy groups -OCH3 is 1. The highest BCUT2D eigenvalue weighted by molar-refractivity contribution is 7.07. The lowest BCUT2D eigenvalue weighted by Crippen LogP contribution is -2.49. The molecule has 0 spiro atoms. The quantitative estimate of drug-likeness (QED) is 0.762. The van der Waals surface area contributed by atoms with Gasteiger partial charge in [0, 0.05) is 43.1 Å². The number of benzene rings is 1. The molecule has 1 aliphatic rings. The lowest BCUT2D eigenvalue weighted by atomic mass is 10.0. The molecule has 5 nitrogen and oxygen atoms in total. The smallest absolute Gasteiger partial charge is 0.327 e. The van der Waals surface area contributed by atoms with Crippen molar-refractivity contribution < 1.29 is 9.53 Å². The maximum absolute atomic E-state index is 12.4. The molecule has 0 amide bonds. The highest BCUT2D eigenvalue weighted by Gasteiger charge is 2.32. The number of halogens is 1. The Kier molecular flexibility index (Phi) is 5.84. The molecule has 2 heterocycles. The van der Waals surface area contributed by atoms with Gasteiger partial charge in [0.05, 0.1) is 18.3 Å². The van der Waals surface area contributed by atoms with Crippen molar-refractivity contribution in [1.82, 2.24) is 14.8 Å². The van der Waals surface area contributed by atoms with Crippen LogP contribution in [0.3, 0.4) is 0 Å². The Morgan fingerprint density at radius 1 is 1.33 bits per heavy atom. The molecule has 7 heteroatoms. The van der Waals surface area contributed by atoms with E-state index < -0.39 is 6.04 Å². The fourth-order valence-electron chi connectivity index (χ4n) is 3.01. The van der Waals surface area contributed by atoms with Crippen molar-refractivity contribution in [3.05, 3.63) is 51.4 Å². The predicted molar refractivity (Wildman–Crippen MR) is 95.2 cm³/mol. The molecule has 1 aliphatic heterocycles. The maximum atomic E-state index is 12.4. The van der Waals surface area contributed by atoms with Crippen LogP contribution < -0.4 is 0 Å². The van der Waals surface area contributed by atoms with Crippen molar-refractivity contribution in [3.8, 4) is 0 Å². The minimum atomic E-state index is -0.454. The summed E-state index contributed by atoms with van der Waals surface area (Å²) >= 11 is 7.93. The van der Waals surface area contributed by atoms with E-state index in [1.54, 1.807) is 11.3 Å². The molecule has 24 heavy (non-hydrogen) atoms. The van der Waals surface area contributed by atoms with Crippen LogP contribution in [0.2, 0.25) is 5.02 Å². The summed E-state index contributed by atoms with van der Waals surface area (Å²) in [6.45, 7) is 4.20. The SMILES string of the molecule is COC(=O)C(c1ccccc1Cl)N1CCN(Cc2cscn2)CC1. The van der Waals surface area contributed by atoms with E-state index in [2.05, 4.69) is 20.2 Å². The molecule has 0 aliphatic carbocycles. The molecule has 1 fully saturated rings. The molecule has 0 radical (unpaired) electrons. The van der Waals surface area contributed by atoms with Crippen molar-refractivity contribution in [2.45, 2.75) is 12.6 Å². The molecule has 1 unspecified atom stereocenters. The van der Waals surface area contributed by atoms with Crippen molar-refractivity contribution >= 4 is 28.9 Å². The second-order valence-corrected chi connectivity index (χ2v) is 6.86. The second-order valence-electron chi connectivity index (χ2n) is 5.74. The summed E-state index contributed by atoms with van der Waals surface area (Å²) in [5.74, 6) is -0.268. The summed E-state index contributed by atoms with van der Waals surface area (Å²) in [4.78, 5) is 21.2. The lowest BCUT2D eigenvalue weighted by molar-refractivity contribution is -0.148. The molecule has 2 aromatic rings. The van der Waals surface area contributed by atoms with Gasteiger partial charge in [-0.3, -0.25) is 9.80 Å². The van der Waals surface area contributed by atoms with Gasteiger partial charge in [-0.2, -0.15) is 0 Å². The highest BCUT2D eigenvalue weighted by atomic mass is 35.5. The Hall–Kier alpha value is -1.47. The highest BCUT2D eigenvalue weighted by Crippen LogP contribution is 2.29.